The highest BCUT2D eigenvalue weighted by molar-refractivity contribution is 7.99. The molecule has 1 atom stereocenters. The molecule has 0 aromatic rings. The molecule has 13 heavy (non-hydrogen) atoms. The van der Waals surface area contributed by atoms with E-state index in [4.69, 9.17) is 10.5 Å². The Bertz CT molecular complexity index is 142. The van der Waals surface area contributed by atoms with Crippen LogP contribution in [0.5, 0.6) is 0 Å². The van der Waals surface area contributed by atoms with E-state index >= 15 is 0 Å². The van der Waals surface area contributed by atoms with Crippen LogP contribution in [0.1, 0.15) is 26.7 Å². The van der Waals surface area contributed by atoms with Crippen molar-refractivity contribution in [2.45, 2.75) is 32.7 Å². The van der Waals surface area contributed by atoms with Crippen LogP contribution in [0.2, 0.25) is 0 Å². The van der Waals surface area contributed by atoms with Crippen LogP contribution in [0.3, 0.4) is 0 Å². The first kappa shape index (κ1) is 12.8. The van der Waals surface area contributed by atoms with Crippen LogP contribution in [0.4, 0.5) is 0 Å². The Hall–Kier alpha value is -0.220. The number of esters is 1. The Morgan fingerprint density at radius 2 is 2.23 bits per heavy atom. The van der Waals surface area contributed by atoms with Gasteiger partial charge in [-0.05, 0) is 31.3 Å². The Morgan fingerprint density at radius 3 is 2.77 bits per heavy atom. The van der Waals surface area contributed by atoms with Crippen LogP contribution in [0.15, 0.2) is 0 Å². The molecule has 1 unspecified atom stereocenters. The molecular weight excluding hydrogens is 186 g/mol. The quantitative estimate of drug-likeness (QED) is 0.504. The van der Waals surface area contributed by atoms with Crippen molar-refractivity contribution in [3.05, 3.63) is 0 Å². The molecule has 0 aliphatic carbocycles. The van der Waals surface area contributed by atoms with Crippen LogP contribution in [-0.2, 0) is 9.53 Å². The van der Waals surface area contributed by atoms with Crippen molar-refractivity contribution < 1.29 is 9.53 Å². The highest BCUT2D eigenvalue weighted by Crippen LogP contribution is 2.05. The summed E-state index contributed by atoms with van der Waals surface area (Å²) < 4.78 is 4.79. The maximum atomic E-state index is 11.1. The van der Waals surface area contributed by atoms with Gasteiger partial charge in [-0.25, -0.2) is 0 Å². The summed E-state index contributed by atoms with van der Waals surface area (Å²) in [5, 5.41) is 0. The molecular formula is C9H19NO2S. The predicted molar refractivity (Wildman–Crippen MR) is 56.8 cm³/mol. The first-order valence-electron chi connectivity index (χ1n) is 4.72. The maximum Gasteiger partial charge on any atom is 0.322 e. The van der Waals surface area contributed by atoms with Crippen molar-refractivity contribution >= 4 is 17.7 Å². The normalized spacial score (nSPS) is 12.5. The van der Waals surface area contributed by atoms with Gasteiger partial charge in [0.15, 0.2) is 0 Å². The minimum absolute atomic E-state index is 0.274. The molecule has 0 spiro atoms. The predicted octanol–water partition coefficient (Wildman–Crippen LogP) is 1.41. The highest BCUT2D eigenvalue weighted by Gasteiger charge is 2.13. The summed E-state index contributed by atoms with van der Waals surface area (Å²) in [4.78, 5) is 11.1. The van der Waals surface area contributed by atoms with Gasteiger partial charge in [0, 0.05) is 0 Å². The van der Waals surface area contributed by atoms with E-state index in [1.54, 1.807) is 6.92 Å². The van der Waals surface area contributed by atoms with E-state index in [1.807, 2.05) is 11.8 Å². The van der Waals surface area contributed by atoms with Gasteiger partial charge in [0.1, 0.15) is 6.04 Å². The number of carbonyl (C=O) groups excluding carboxylic acids is 1. The van der Waals surface area contributed by atoms with Gasteiger partial charge in [-0.15, -0.1) is 0 Å². The summed E-state index contributed by atoms with van der Waals surface area (Å²) in [7, 11) is 0. The molecule has 4 heteroatoms. The first-order chi connectivity index (χ1) is 6.22. The number of carbonyl (C=O) groups is 1. The first-order valence-corrected chi connectivity index (χ1v) is 5.87. The smallest absolute Gasteiger partial charge is 0.322 e. The van der Waals surface area contributed by atoms with Crippen molar-refractivity contribution in [1.29, 1.82) is 0 Å². The Kier molecular flexibility index (Phi) is 8.24. The lowest BCUT2D eigenvalue weighted by atomic mass is 10.2. The fraction of sp³-hybridized carbons (Fsp3) is 0.889. The summed E-state index contributed by atoms with van der Waals surface area (Å²) in [5.74, 6) is 1.92. The van der Waals surface area contributed by atoms with Gasteiger partial charge in [0.2, 0.25) is 0 Å². The van der Waals surface area contributed by atoms with E-state index in [0.717, 1.165) is 24.3 Å². The zero-order chi connectivity index (χ0) is 10.1. The Labute approximate surface area is 84.4 Å². The molecule has 0 aliphatic heterocycles. The zero-order valence-electron chi connectivity index (χ0n) is 8.41. The van der Waals surface area contributed by atoms with Crippen molar-refractivity contribution in [3.8, 4) is 0 Å². The SMILES string of the molecule is CCOC(=O)C(N)CCCSCC. The number of nitrogens with two attached hydrogens (primary N) is 1. The highest BCUT2D eigenvalue weighted by atomic mass is 32.2. The molecule has 0 saturated heterocycles. The van der Waals surface area contributed by atoms with Gasteiger partial charge in [0.05, 0.1) is 6.61 Å². The zero-order valence-corrected chi connectivity index (χ0v) is 9.23. The molecule has 0 bridgehead atoms. The van der Waals surface area contributed by atoms with Crippen LogP contribution in [0.25, 0.3) is 0 Å². The second-order valence-electron chi connectivity index (χ2n) is 2.70. The lowest BCUT2D eigenvalue weighted by Crippen LogP contribution is -2.32. The van der Waals surface area contributed by atoms with Crippen molar-refractivity contribution in [2.24, 2.45) is 5.73 Å². The summed E-state index contributed by atoms with van der Waals surface area (Å²) in [6, 6.07) is -0.433. The summed E-state index contributed by atoms with van der Waals surface area (Å²) >= 11 is 1.87. The second kappa shape index (κ2) is 8.38. The number of rotatable bonds is 7. The lowest BCUT2D eigenvalue weighted by Gasteiger charge is -2.09. The fourth-order valence-corrected chi connectivity index (χ4v) is 1.58. The standard InChI is InChI=1S/C9H19NO2S/c1-3-12-9(11)8(10)6-5-7-13-4-2/h8H,3-7,10H2,1-2H3. The fourth-order valence-electron chi connectivity index (χ4n) is 0.917. The Morgan fingerprint density at radius 1 is 1.54 bits per heavy atom. The topological polar surface area (TPSA) is 52.3 Å². The van der Waals surface area contributed by atoms with Crippen molar-refractivity contribution in [3.63, 3.8) is 0 Å². The molecule has 0 rings (SSSR count). The van der Waals surface area contributed by atoms with E-state index in [-0.39, 0.29) is 5.97 Å². The molecule has 0 heterocycles. The van der Waals surface area contributed by atoms with Gasteiger partial charge in [-0.3, -0.25) is 4.79 Å². The maximum absolute atomic E-state index is 11.1. The van der Waals surface area contributed by atoms with Crippen LogP contribution in [0, 0.1) is 0 Å². The summed E-state index contributed by atoms with van der Waals surface area (Å²) in [6.45, 7) is 4.32. The molecule has 0 aliphatic rings. The van der Waals surface area contributed by atoms with Crippen LogP contribution < -0.4 is 5.73 Å². The third kappa shape index (κ3) is 6.90. The average Bonchev–Trinajstić information content (AvgIpc) is 2.12. The molecule has 0 amide bonds. The molecule has 0 fully saturated rings. The molecule has 0 aromatic heterocycles. The molecule has 3 nitrogen and oxygen atoms in total. The lowest BCUT2D eigenvalue weighted by molar-refractivity contribution is -0.144. The number of ether oxygens (including phenoxy) is 1. The van der Waals surface area contributed by atoms with Gasteiger partial charge in [-0.2, -0.15) is 11.8 Å². The second-order valence-corrected chi connectivity index (χ2v) is 4.09. The van der Waals surface area contributed by atoms with Gasteiger partial charge in [0.25, 0.3) is 0 Å². The molecule has 78 valence electrons. The van der Waals surface area contributed by atoms with E-state index in [9.17, 15) is 4.79 Å². The van der Waals surface area contributed by atoms with Gasteiger partial charge < -0.3 is 10.5 Å². The molecule has 0 radical (unpaired) electrons. The third-order valence-electron chi connectivity index (χ3n) is 1.60. The largest absolute Gasteiger partial charge is 0.465 e. The van der Waals surface area contributed by atoms with Crippen LogP contribution >= 0.6 is 11.8 Å². The number of hydrogen-bond donors (Lipinski definition) is 1. The number of hydrogen-bond acceptors (Lipinski definition) is 4. The molecule has 0 saturated carbocycles. The molecule has 0 aromatic carbocycles. The van der Waals surface area contributed by atoms with Gasteiger partial charge >= 0.3 is 5.97 Å². The minimum atomic E-state index is -0.433. The average molecular weight is 205 g/mol. The van der Waals surface area contributed by atoms with Gasteiger partial charge in [-0.1, -0.05) is 6.92 Å². The summed E-state index contributed by atoms with van der Waals surface area (Å²) in [5.41, 5.74) is 5.60. The summed E-state index contributed by atoms with van der Waals surface area (Å²) in [6.07, 6.45) is 1.71. The third-order valence-corrected chi connectivity index (χ3v) is 2.58. The molecule has 2 N–H and O–H groups in total. The van der Waals surface area contributed by atoms with E-state index in [1.165, 1.54) is 0 Å². The van der Waals surface area contributed by atoms with E-state index < -0.39 is 6.04 Å². The van der Waals surface area contributed by atoms with E-state index in [2.05, 4.69) is 6.92 Å². The van der Waals surface area contributed by atoms with E-state index in [0.29, 0.717) is 6.61 Å². The van der Waals surface area contributed by atoms with Crippen LogP contribution in [-0.4, -0.2) is 30.1 Å². The van der Waals surface area contributed by atoms with Crippen molar-refractivity contribution in [2.75, 3.05) is 18.1 Å². The number of thioether (sulfide) groups is 1. The van der Waals surface area contributed by atoms with Crippen molar-refractivity contribution in [1.82, 2.24) is 0 Å². The monoisotopic (exact) mass is 205 g/mol. The minimum Gasteiger partial charge on any atom is -0.465 e. The Balaban J connectivity index is 3.38.